The molecule has 27 heavy (non-hydrogen) atoms. The van der Waals surface area contributed by atoms with Crippen molar-refractivity contribution in [2.75, 3.05) is 17.7 Å². The zero-order chi connectivity index (χ0) is 18.6. The van der Waals surface area contributed by atoms with Crippen molar-refractivity contribution in [1.29, 1.82) is 0 Å². The maximum Gasteiger partial charge on any atom is 0.150 e. The highest BCUT2D eigenvalue weighted by atomic mass is 16.3. The summed E-state index contributed by atoms with van der Waals surface area (Å²) < 4.78 is 1.68. The Balaban J connectivity index is 1.53. The molecule has 4 aromatic rings. The van der Waals surface area contributed by atoms with Crippen molar-refractivity contribution in [3.63, 3.8) is 0 Å². The summed E-state index contributed by atoms with van der Waals surface area (Å²) in [4.78, 5) is 8.97. The maximum atomic E-state index is 9.02. The zero-order valence-corrected chi connectivity index (χ0v) is 14.7. The van der Waals surface area contributed by atoms with Gasteiger partial charge in [0.15, 0.2) is 0 Å². The van der Waals surface area contributed by atoms with Crippen LogP contribution in [0.3, 0.4) is 0 Å². The lowest BCUT2D eigenvalue weighted by atomic mass is 10.1. The number of aliphatic hydroxyl groups excluding tert-OH is 1. The van der Waals surface area contributed by atoms with E-state index in [1.807, 2.05) is 42.6 Å². The van der Waals surface area contributed by atoms with Crippen molar-refractivity contribution in [2.45, 2.75) is 13.1 Å². The van der Waals surface area contributed by atoms with Crippen LogP contribution in [0.25, 0.3) is 22.2 Å². The summed E-state index contributed by atoms with van der Waals surface area (Å²) in [5, 5.41) is 17.6. The third-order valence-corrected chi connectivity index (χ3v) is 4.31. The molecule has 0 spiro atoms. The van der Waals surface area contributed by atoms with Crippen LogP contribution in [0.2, 0.25) is 0 Å². The molecule has 0 amide bonds. The largest absolute Gasteiger partial charge is 0.396 e. The summed E-state index contributed by atoms with van der Waals surface area (Å²) in [7, 11) is 0. The molecule has 7 heteroatoms. The molecule has 0 saturated heterocycles. The van der Waals surface area contributed by atoms with Crippen molar-refractivity contribution >= 4 is 22.4 Å². The molecule has 136 valence electrons. The molecule has 0 atom stereocenters. The van der Waals surface area contributed by atoms with Crippen molar-refractivity contribution in [3.05, 3.63) is 66.6 Å². The molecule has 0 radical (unpaired) electrons. The van der Waals surface area contributed by atoms with E-state index in [0.717, 1.165) is 27.7 Å². The van der Waals surface area contributed by atoms with E-state index >= 15 is 0 Å². The van der Waals surface area contributed by atoms with Crippen molar-refractivity contribution in [3.8, 4) is 11.3 Å². The predicted octanol–water partition coefficient (Wildman–Crippen LogP) is 2.68. The van der Waals surface area contributed by atoms with Crippen LogP contribution in [-0.4, -0.2) is 31.5 Å². The van der Waals surface area contributed by atoms with Gasteiger partial charge in [0.25, 0.3) is 0 Å². The van der Waals surface area contributed by atoms with Gasteiger partial charge in [0.2, 0.25) is 0 Å². The van der Waals surface area contributed by atoms with Gasteiger partial charge in [-0.1, -0.05) is 12.1 Å². The molecule has 0 aliphatic carbocycles. The highest BCUT2D eigenvalue weighted by Gasteiger charge is 2.08. The standard InChI is InChI=1S/C20H20N6O/c21-17-4-6-19(16-12-24-26(13-16)8-9-27)25-20(17)23-11-14-3-5-18-15(10-14)2-1-7-22-18/h1-7,10,12-13,27H,8-9,11,21H2,(H,23,25). The minimum Gasteiger partial charge on any atom is -0.396 e. The Kier molecular flexibility index (Phi) is 4.67. The number of hydrogen-bond donors (Lipinski definition) is 3. The number of nitrogens with one attached hydrogen (secondary N) is 1. The first-order chi connectivity index (χ1) is 13.2. The van der Waals surface area contributed by atoms with E-state index in [2.05, 4.69) is 26.4 Å². The van der Waals surface area contributed by atoms with Gasteiger partial charge in [-0.05, 0) is 35.9 Å². The minimum atomic E-state index is 0.0460. The molecule has 1 aromatic carbocycles. The van der Waals surface area contributed by atoms with E-state index < -0.39 is 0 Å². The summed E-state index contributed by atoms with van der Waals surface area (Å²) in [6.45, 7) is 1.11. The number of anilines is 2. The first kappa shape index (κ1) is 17.0. The molecule has 0 bridgehead atoms. The van der Waals surface area contributed by atoms with Crippen LogP contribution in [-0.2, 0) is 13.1 Å². The van der Waals surface area contributed by atoms with Crippen LogP contribution in [0.4, 0.5) is 11.5 Å². The van der Waals surface area contributed by atoms with Crippen molar-refractivity contribution < 1.29 is 5.11 Å². The van der Waals surface area contributed by atoms with Crippen LogP contribution in [0.1, 0.15) is 5.56 Å². The van der Waals surface area contributed by atoms with E-state index in [1.165, 1.54) is 0 Å². The topological polar surface area (TPSA) is 102 Å². The number of aliphatic hydroxyl groups is 1. The van der Waals surface area contributed by atoms with Crippen molar-refractivity contribution in [2.24, 2.45) is 0 Å². The van der Waals surface area contributed by atoms with Gasteiger partial charge in [-0.3, -0.25) is 9.67 Å². The maximum absolute atomic E-state index is 9.02. The van der Waals surface area contributed by atoms with Gasteiger partial charge in [-0.2, -0.15) is 5.10 Å². The Hall–Kier alpha value is -3.45. The molecule has 3 aromatic heterocycles. The fraction of sp³-hybridized carbons (Fsp3) is 0.150. The van der Waals surface area contributed by atoms with E-state index in [4.69, 9.17) is 10.8 Å². The zero-order valence-electron chi connectivity index (χ0n) is 14.7. The molecule has 3 heterocycles. The number of nitrogens with zero attached hydrogens (tertiary/aromatic N) is 4. The number of fused-ring (bicyclic) bond motifs is 1. The van der Waals surface area contributed by atoms with Crippen LogP contribution in [0.5, 0.6) is 0 Å². The van der Waals surface area contributed by atoms with Crippen LogP contribution < -0.4 is 11.1 Å². The van der Waals surface area contributed by atoms with E-state index in [1.54, 1.807) is 17.1 Å². The van der Waals surface area contributed by atoms with Gasteiger partial charge in [0.1, 0.15) is 5.82 Å². The first-order valence-corrected chi connectivity index (χ1v) is 8.71. The van der Waals surface area contributed by atoms with Crippen LogP contribution in [0.15, 0.2) is 61.1 Å². The highest BCUT2D eigenvalue weighted by molar-refractivity contribution is 5.79. The third kappa shape index (κ3) is 3.73. The number of benzene rings is 1. The number of nitrogen functional groups attached to an aromatic ring is 1. The smallest absolute Gasteiger partial charge is 0.150 e. The molecular formula is C20H20N6O. The lowest BCUT2D eigenvalue weighted by molar-refractivity contribution is 0.269. The molecule has 4 rings (SSSR count). The predicted molar refractivity (Wildman–Crippen MR) is 106 cm³/mol. The van der Waals surface area contributed by atoms with Crippen LogP contribution >= 0.6 is 0 Å². The summed E-state index contributed by atoms with van der Waals surface area (Å²) in [5.41, 5.74) is 10.4. The monoisotopic (exact) mass is 360 g/mol. The van der Waals surface area contributed by atoms with Gasteiger partial charge in [0, 0.05) is 29.9 Å². The molecule has 0 unspecified atom stereocenters. The Morgan fingerprint density at radius 2 is 2.07 bits per heavy atom. The fourth-order valence-corrected chi connectivity index (χ4v) is 2.91. The van der Waals surface area contributed by atoms with Gasteiger partial charge < -0.3 is 16.2 Å². The SMILES string of the molecule is Nc1ccc(-c2cnn(CCO)c2)nc1NCc1ccc2ncccc2c1. The van der Waals surface area contributed by atoms with Crippen molar-refractivity contribution in [1.82, 2.24) is 19.7 Å². The number of hydrogen-bond acceptors (Lipinski definition) is 6. The summed E-state index contributed by atoms with van der Waals surface area (Å²) >= 11 is 0. The van der Waals surface area contributed by atoms with E-state index in [-0.39, 0.29) is 6.61 Å². The Labute approximate surface area is 156 Å². The average molecular weight is 360 g/mol. The average Bonchev–Trinajstić information content (AvgIpc) is 3.16. The number of aromatic nitrogens is 4. The summed E-state index contributed by atoms with van der Waals surface area (Å²) in [5.74, 6) is 0.633. The minimum absolute atomic E-state index is 0.0460. The molecule has 0 aliphatic heterocycles. The second-order valence-corrected chi connectivity index (χ2v) is 6.23. The summed E-state index contributed by atoms with van der Waals surface area (Å²) in [6.07, 6.45) is 5.38. The third-order valence-electron chi connectivity index (χ3n) is 4.31. The van der Waals surface area contributed by atoms with E-state index in [9.17, 15) is 0 Å². The van der Waals surface area contributed by atoms with Gasteiger partial charge in [-0.15, -0.1) is 0 Å². The first-order valence-electron chi connectivity index (χ1n) is 8.71. The van der Waals surface area contributed by atoms with Gasteiger partial charge >= 0.3 is 0 Å². The molecular weight excluding hydrogens is 340 g/mol. The quantitative estimate of drug-likeness (QED) is 0.489. The second-order valence-electron chi connectivity index (χ2n) is 6.23. The number of rotatable bonds is 6. The Morgan fingerprint density at radius 1 is 1.15 bits per heavy atom. The molecule has 7 nitrogen and oxygen atoms in total. The molecule has 0 fully saturated rings. The normalized spacial score (nSPS) is 11.0. The molecule has 4 N–H and O–H groups in total. The van der Waals surface area contributed by atoms with Crippen LogP contribution in [0, 0.1) is 0 Å². The van der Waals surface area contributed by atoms with Gasteiger partial charge in [0.05, 0.1) is 36.2 Å². The van der Waals surface area contributed by atoms with Gasteiger partial charge in [-0.25, -0.2) is 4.98 Å². The van der Waals surface area contributed by atoms with E-state index in [0.29, 0.717) is 24.6 Å². The molecule has 0 aliphatic rings. The lowest BCUT2D eigenvalue weighted by Crippen LogP contribution is -2.05. The Morgan fingerprint density at radius 3 is 2.96 bits per heavy atom. The molecule has 0 saturated carbocycles. The second kappa shape index (κ2) is 7.43. The fourth-order valence-electron chi connectivity index (χ4n) is 2.91. The lowest BCUT2D eigenvalue weighted by Gasteiger charge is -2.10. The Bertz CT molecular complexity index is 1070. The highest BCUT2D eigenvalue weighted by Crippen LogP contribution is 2.24. The number of nitrogens with two attached hydrogens (primary N) is 1. The number of pyridine rings is 2. The summed E-state index contributed by atoms with van der Waals surface area (Å²) in [6, 6.07) is 13.8.